The zero-order valence-electron chi connectivity index (χ0n) is 13.0. The number of rotatable bonds is 6. The van der Waals surface area contributed by atoms with Crippen LogP contribution in [0, 0.1) is 29.6 Å². The number of carbonyl (C=O) groups is 1. The molecule has 0 radical (unpaired) electrons. The number of allylic oxidation sites excluding steroid dienone is 3. The number of alkyl halides is 4. The van der Waals surface area contributed by atoms with Gasteiger partial charge in [-0.25, -0.2) is 4.39 Å². The zero-order chi connectivity index (χ0) is 18.7. The fraction of sp³-hybridized carbons (Fsp3) is 0.562. The van der Waals surface area contributed by atoms with Crippen molar-refractivity contribution in [2.75, 3.05) is 5.88 Å². The van der Waals surface area contributed by atoms with Crippen LogP contribution in [-0.2, 0) is 9.53 Å². The smallest absolute Gasteiger partial charge is 0.426 e. The molecule has 0 aliphatic heterocycles. The molecule has 1 aliphatic carbocycles. The van der Waals surface area contributed by atoms with Crippen LogP contribution in [0.15, 0.2) is 23.0 Å². The van der Waals surface area contributed by atoms with Crippen LogP contribution in [0.5, 0.6) is 0 Å². The molecule has 0 spiro atoms. The van der Waals surface area contributed by atoms with Gasteiger partial charge in [0, 0.05) is 5.88 Å². The van der Waals surface area contributed by atoms with E-state index in [0.29, 0.717) is 0 Å². The quantitative estimate of drug-likeness (QED) is 0.278. The van der Waals surface area contributed by atoms with Gasteiger partial charge in [0.25, 0.3) is 0 Å². The molecule has 134 valence electrons. The predicted octanol–water partition coefficient (Wildman–Crippen LogP) is 4.97. The van der Waals surface area contributed by atoms with E-state index >= 15 is 0 Å². The lowest BCUT2D eigenvalue weighted by Gasteiger charge is -2.11. The van der Waals surface area contributed by atoms with Crippen LogP contribution in [0.4, 0.5) is 17.6 Å². The molecule has 1 fully saturated rings. The lowest BCUT2D eigenvalue weighted by Crippen LogP contribution is -2.20. The molecular weight excluding hydrogens is 371 g/mol. The zero-order valence-corrected chi connectivity index (χ0v) is 14.5. The van der Waals surface area contributed by atoms with Crippen molar-refractivity contribution in [1.82, 2.24) is 0 Å². The van der Waals surface area contributed by atoms with E-state index in [1.165, 1.54) is 0 Å². The van der Waals surface area contributed by atoms with Gasteiger partial charge < -0.3 is 4.74 Å². The molecule has 8 heteroatoms. The summed E-state index contributed by atoms with van der Waals surface area (Å²) in [6.45, 7) is 3.18. The first-order valence-electron chi connectivity index (χ1n) is 6.99. The van der Waals surface area contributed by atoms with Crippen molar-refractivity contribution >= 4 is 29.2 Å². The average Bonchev–Trinajstić information content (AvgIpc) is 3.01. The van der Waals surface area contributed by atoms with E-state index in [4.69, 9.17) is 34.4 Å². The highest BCUT2D eigenvalue weighted by atomic mass is 35.5. The number of hydrogen-bond donors (Lipinski definition) is 0. The van der Waals surface area contributed by atoms with E-state index in [-0.39, 0.29) is 12.3 Å². The SMILES string of the molecule is C#CC(OC(=O)C1C(/C=C(\Cl)C(F)(F)F)C1(C)C)/C(F)=C/CCCl. The van der Waals surface area contributed by atoms with Crippen LogP contribution in [0.3, 0.4) is 0 Å². The van der Waals surface area contributed by atoms with Gasteiger partial charge in [-0.1, -0.05) is 37.4 Å². The Bertz CT molecular complexity index is 588. The van der Waals surface area contributed by atoms with Crippen LogP contribution in [0.25, 0.3) is 0 Å². The highest BCUT2D eigenvalue weighted by molar-refractivity contribution is 6.30. The number of esters is 1. The number of ether oxygens (including phenoxy) is 1. The topological polar surface area (TPSA) is 26.3 Å². The summed E-state index contributed by atoms with van der Waals surface area (Å²) in [5, 5.41) is -1.31. The summed E-state index contributed by atoms with van der Waals surface area (Å²) in [5.74, 6) is -1.22. The Morgan fingerprint density at radius 2 is 2.04 bits per heavy atom. The molecule has 0 amide bonds. The average molecular weight is 387 g/mol. The lowest BCUT2D eigenvalue weighted by atomic mass is 10.1. The van der Waals surface area contributed by atoms with Crippen molar-refractivity contribution in [2.24, 2.45) is 17.3 Å². The third-order valence-electron chi connectivity index (χ3n) is 3.85. The molecule has 0 aromatic rings. The molecule has 1 saturated carbocycles. The molecule has 2 nitrogen and oxygen atoms in total. The first kappa shape index (κ1) is 20.9. The van der Waals surface area contributed by atoms with Gasteiger partial charge >= 0.3 is 12.1 Å². The maximum atomic E-state index is 13.8. The highest BCUT2D eigenvalue weighted by Gasteiger charge is 2.62. The molecule has 0 N–H and O–H groups in total. The molecule has 1 aliphatic rings. The van der Waals surface area contributed by atoms with Gasteiger partial charge in [0.15, 0.2) is 0 Å². The molecule has 0 bridgehead atoms. The molecule has 0 heterocycles. The van der Waals surface area contributed by atoms with Gasteiger partial charge in [-0.05, 0) is 23.8 Å². The van der Waals surface area contributed by atoms with Gasteiger partial charge in [-0.2, -0.15) is 13.2 Å². The summed E-state index contributed by atoms with van der Waals surface area (Å²) in [6, 6.07) is 0. The standard InChI is InChI=1S/C16H16Cl2F4O2/c1-4-11(10(19)6-5-7-17)24-14(23)13-9(15(13,2)3)8-12(18)16(20,21)22/h1,6,8-9,11,13H,5,7H2,2-3H3/b10-6-,12-8-. The normalized spacial score (nSPS) is 25.0. The molecule has 3 atom stereocenters. The Morgan fingerprint density at radius 1 is 1.46 bits per heavy atom. The van der Waals surface area contributed by atoms with Crippen molar-refractivity contribution in [3.05, 3.63) is 23.0 Å². The summed E-state index contributed by atoms with van der Waals surface area (Å²) < 4.78 is 56.1. The maximum absolute atomic E-state index is 13.8. The predicted molar refractivity (Wildman–Crippen MR) is 84.0 cm³/mol. The van der Waals surface area contributed by atoms with Gasteiger partial charge in [0.1, 0.15) is 10.9 Å². The van der Waals surface area contributed by atoms with Gasteiger partial charge in [0.05, 0.1) is 5.92 Å². The van der Waals surface area contributed by atoms with E-state index < -0.39 is 46.4 Å². The van der Waals surface area contributed by atoms with E-state index in [2.05, 4.69) is 0 Å². The third kappa shape index (κ3) is 4.90. The summed E-state index contributed by atoms with van der Waals surface area (Å²) in [6.07, 6.45) is 0.988. The van der Waals surface area contributed by atoms with Crippen molar-refractivity contribution in [1.29, 1.82) is 0 Å². The number of terminal acetylenes is 1. The van der Waals surface area contributed by atoms with Crippen LogP contribution < -0.4 is 0 Å². The Balaban J connectivity index is 2.83. The lowest BCUT2D eigenvalue weighted by molar-refractivity contribution is -0.148. The summed E-state index contributed by atoms with van der Waals surface area (Å²) in [5.41, 5.74) is -0.794. The molecule has 3 unspecified atom stereocenters. The van der Waals surface area contributed by atoms with Crippen LogP contribution in [0.2, 0.25) is 0 Å². The van der Waals surface area contributed by atoms with Crippen molar-refractivity contribution in [3.63, 3.8) is 0 Å². The molecule has 1 rings (SSSR count). The second-order valence-electron chi connectivity index (χ2n) is 5.89. The van der Waals surface area contributed by atoms with Crippen LogP contribution in [-0.4, -0.2) is 24.1 Å². The van der Waals surface area contributed by atoms with E-state index in [1.807, 2.05) is 5.92 Å². The third-order valence-corrected chi connectivity index (χ3v) is 4.40. The highest BCUT2D eigenvalue weighted by Crippen LogP contribution is 2.60. The maximum Gasteiger partial charge on any atom is 0.426 e. The van der Waals surface area contributed by atoms with Crippen molar-refractivity contribution < 1.29 is 27.1 Å². The van der Waals surface area contributed by atoms with Crippen molar-refractivity contribution in [3.8, 4) is 12.3 Å². The number of carbonyl (C=O) groups excluding carboxylic acids is 1. The van der Waals surface area contributed by atoms with Gasteiger partial charge in [0.2, 0.25) is 6.10 Å². The van der Waals surface area contributed by atoms with E-state index in [9.17, 15) is 22.4 Å². The second kappa shape index (κ2) is 7.79. The minimum absolute atomic E-state index is 0.164. The second-order valence-corrected chi connectivity index (χ2v) is 6.67. The molecule has 0 saturated heterocycles. The minimum Gasteiger partial charge on any atom is -0.441 e. The van der Waals surface area contributed by atoms with Gasteiger partial charge in [-0.15, -0.1) is 18.0 Å². The Morgan fingerprint density at radius 3 is 2.50 bits per heavy atom. The Kier molecular flexibility index (Phi) is 6.77. The molecular formula is C16H16Cl2F4O2. The fourth-order valence-electron chi connectivity index (χ4n) is 2.35. The van der Waals surface area contributed by atoms with E-state index in [1.54, 1.807) is 13.8 Å². The van der Waals surface area contributed by atoms with Crippen LogP contribution in [0.1, 0.15) is 20.3 Å². The number of hydrogen-bond acceptors (Lipinski definition) is 2. The van der Waals surface area contributed by atoms with Crippen molar-refractivity contribution in [2.45, 2.75) is 32.5 Å². The molecule has 0 aromatic carbocycles. The fourth-order valence-corrected chi connectivity index (χ4v) is 2.59. The molecule has 0 aromatic heterocycles. The number of halogens is 6. The first-order chi connectivity index (χ1) is 11.0. The Hall–Kier alpha value is -1.19. The summed E-state index contributed by atoms with van der Waals surface area (Å²) in [4.78, 5) is 12.1. The molecule has 24 heavy (non-hydrogen) atoms. The van der Waals surface area contributed by atoms with E-state index in [0.717, 1.165) is 12.2 Å². The van der Waals surface area contributed by atoms with Crippen LogP contribution >= 0.6 is 23.2 Å². The van der Waals surface area contributed by atoms with Gasteiger partial charge in [-0.3, -0.25) is 4.79 Å². The Labute approximate surface area is 147 Å². The summed E-state index contributed by atoms with van der Waals surface area (Å²) >= 11 is 10.6. The summed E-state index contributed by atoms with van der Waals surface area (Å²) in [7, 11) is 0. The monoisotopic (exact) mass is 386 g/mol. The largest absolute Gasteiger partial charge is 0.441 e. The minimum atomic E-state index is -4.69. The first-order valence-corrected chi connectivity index (χ1v) is 7.90.